The maximum Gasteiger partial charge on any atom is 0.573 e. The Bertz CT molecular complexity index is 936. The van der Waals surface area contributed by atoms with Crippen molar-refractivity contribution in [3.05, 3.63) is 47.5 Å². The Balaban J connectivity index is 2.33. The Morgan fingerprint density at radius 1 is 0.793 bits per heavy atom. The summed E-state index contributed by atoms with van der Waals surface area (Å²) in [6, 6.07) is 3.59. The molecule has 0 radical (unpaired) electrons. The molecule has 0 unspecified atom stereocenters. The van der Waals surface area contributed by atoms with Crippen LogP contribution in [0.15, 0.2) is 36.4 Å². The molecule has 156 valence electrons. The first-order valence-corrected chi connectivity index (χ1v) is 7.19. The molecule has 29 heavy (non-hydrogen) atoms. The lowest BCUT2D eigenvalue weighted by molar-refractivity contribution is -0.275. The van der Waals surface area contributed by atoms with Crippen molar-refractivity contribution >= 4 is 11.9 Å². The number of hydrogen-bond acceptors (Lipinski definition) is 6. The van der Waals surface area contributed by atoms with E-state index in [4.69, 9.17) is 9.84 Å². The highest BCUT2D eigenvalue weighted by Gasteiger charge is 2.33. The number of carbonyl (C=O) groups is 2. The van der Waals surface area contributed by atoms with Crippen molar-refractivity contribution in [3.63, 3.8) is 0 Å². The monoisotopic (exact) mass is 426 g/mol. The third-order valence-electron chi connectivity index (χ3n) is 3.04. The SMILES string of the molecule is O=C(Oc1ccc(OC(F)(F)F)cc1C(=O)O)c1cc(OC(F)(F)F)ccc1O. The van der Waals surface area contributed by atoms with Crippen LogP contribution in [0.25, 0.3) is 0 Å². The molecule has 7 nitrogen and oxygen atoms in total. The molecule has 0 bridgehead atoms. The summed E-state index contributed by atoms with van der Waals surface area (Å²) < 4.78 is 85.3. The zero-order valence-corrected chi connectivity index (χ0v) is 13.7. The highest BCUT2D eigenvalue weighted by molar-refractivity contribution is 5.97. The largest absolute Gasteiger partial charge is 0.573 e. The van der Waals surface area contributed by atoms with E-state index in [1.165, 1.54) is 0 Å². The van der Waals surface area contributed by atoms with Crippen LogP contribution >= 0.6 is 0 Å². The molecular weight excluding hydrogens is 418 g/mol. The number of ether oxygens (including phenoxy) is 3. The van der Waals surface area contributed by atoms with E-state index in [0.717, 1.165) is 0 Å². The van der Waals surface area contributed by atoms with Crippen molar-refractivity contribution in [2.24, 2.45) is 0 Å². The number of phenols is 1. The maximum atomic E-state index is 12.3. The molecule has 0 spiro atoms. The molecule has 0 aliphatic rings. The number of alkyl halides is 6. The predicted octanol–water partition coefficient (Wildman–Crippen LogP) is 4.11. The van der Waals surface area contributed by atoms with Crippen molar-refractivity contribution in [2.45, 2.75) is 12.7 Å². The summed E-state index contributed by atoms with van der Waals surface area (Å²) >= 11 is 0. The smallest absolute Gasteiger partial charge is 0.507 e. The van der Waals surface area contributed by atoms with Gasteiger partial charge in [-0.25, -0.2) is 9.59 Å². The van der Waals surface area contributed by atoms with Crippen molar-refractivity contribution < 1.29 is 60.4 Å². The maximum absolute atomic E-state index is 12.3. The van der Waals surface area contributed by atoms with Crippen molar-refractivity contribution in [3.8, 4) is 23.0 Å². The van der Waals surface area contributed by atoms with Gasteiger partial charge in [-0.15, -0.1) is 26.3 Å². The first kappa shape index (κ1) is 21.7. The minimum Gasteiger partial charge on any atom is -0.507 e. The highest BCUT2D eigenvalue weighted by Crippen LogP contribution is 2.31. The van der Waals surface area contributed by atoms with Crippen LogP contribution in [-0.4, -0.2) is 34.9 Å². The number of carboxylic acid groups (broad SMARTS) is 1. The van der Waals surface area contributed by atoms with Crippen LogP contribution in [-0.2, 0) is 0 Å². The van der Waals surface area contributed by atoms with Crippen molar-refractivity contribution in [1.29, 1.82) is 0 Å². The average molecular weight is 426 g/mol. The second-order valence-electron chi connectivity index (χ2n) is 5.13. The normalized spacial score (nSPS) is 11.7. The summed E-state index contributed by atoms with van der Waals surface area (Å²) in [5.74, 6) is -6.66. The number of carboxylic acids is 1. The first-order chi connectivity index (χ1) is 13.2. The molecule has 0 aromatic heterocycles. The van der Waals surface area contributed by atoms with Crippen LogP contribution in [0.1, 0.15) is 20.7 Å². The molecule has 2 N–H and O–H groups in total. The van der Waals surface area contributed by atoms with Crippen LogP contribution in [0.5, 0.6) is 23.0 Å². The van der Waals surface area contributed by atoms with E-state index in [0.29, 0.717) is 36.4 Å². The summed E-state index contributed by atoms with van der Waals surface area (Å²) in [4.78, 5) is 23.3. The fourth-order valence-corrected chi connectivity index (χ4v) is 1.99. The van der Waals surface area contributed by atoms with Gasteiger partial charge in [0.05, 0.1) is 0 Å². The standard InChI is InChI=1S/C16H8F6O7/c17-15(18,19)28-7-1-3-11(23)9(5-7)14(26)27-12-4-2-8(29-16(20,21)22)6-10(12)13(24)25/h1-6,23H,(H,24,25). The van der Waals surface area contributed by atoms with E-state index >= 15 is 0 Å². The molecule has 0 saturated carbocycles. The zero-order chi connectivity index (χ0) is 22.0. The van der Waals surface area contributed by atoms with E-state index in [1.807, 2.05) is 0 Å². The summed E-state index contributed by atoms with van der Waals surface area (Å²) in [5.41, 5.74) is -1.74. The average Bonchev–Trinajstić information content (AvgIpc) is 2.55. The molecule has 0 aliphatic carbocycles. The second-order valence-corrected chi connectivity index (χ2v) is 5.13. The third-order valence-corrected chi connectivity index (χ3v) is 3.04. The summed E-state index contributed by atoms with van der Waals surface area (Å²) in [7, 11) is 0. The number of aromatic hydroxyl groups is 1. The Hall–Kier alpha value is -3.64. The summed E-state index contributed by atoms with van der Waals surface area (Å²) in [5, 5.41) is 18.7. The molecule has 0 atom stereocenters. The fraction of sp³-hybridized carbons (Fsp3) is 0.125. The summed E-state index contributed by atoms with van der Waals surface area (Å²) in [6.45, 7) is 0. The van der Waals surface area contributed by atoms with Gasteiger partial charge in [-0.1, -0.05) is 0 Å². The summed E-state index contributed by atoms with van der Waals surface area (Å²) in [6.07, 6.45) is -10.2. The number of phenolic OH excluding ortho intramolecular Hbond substituents is 1. The molecule has 0 fully saturated rings. The van der Waals surface area contributed by atoms with E-state index in [-0.39, 0.29) is 0 Å². The number of esters is 1. The number of halogens is 6. The molecule has 13 heteroatoms. The van der Waals surface area contributed by atoms with Crippen LogP contribution in [0.2, 0.25) is 0 Å². The fourth-order valence-electron chi connectivity index (χ4n) is 1.99. The molecule has 0 saturated heterocycles. The van der Waals surface area contributed by atoms with Gasteiger partial charge < -0.3 is 24.4 Å². The zero-order valence-electron chi connectivity index (χ0n) is 13.7. The molecular formula is C16H8F6O7. The predicted molar refractivity (Wildman–Crippen MR) is 79.8 cm³/mol. The van der Waals surface area contributed by atoms with E-state index in [2.05, 4.69) is 9.47 Å². The third kappa shape index (κ3) is 6.19. The minimum absolute atomic E-state index is 0.418. The molecule has 2 aromatic rings. The van der Waals surface area contributed by atoms with E-state index in [9.17, 15) is 41.0 Å². The van der Waals surface area contributed by atoms with Crippen LogP contribution in [0.4, 0.5) is 26.3 Å². The Morgan fingerprint density at radius 2 is 1.28 bits per heavy atom. The van der Waals surface area contributed by atoms with Gasteiger partial charge in [-0.05, 0) is 36.4 Å². The van der Waals surface area contributed by atoms with Crippen molar-refractivity contribution in [1.82, 2.24) is 0 Å². The minimum atomic E-state index is -5.11. The van der Waals surface area contributed by atoms with Crippen LogP contribution < -0.4 is 14.2 Å². The van der Waals surface area contributed by atoms with E-state index < -0.39 is 58.8 Å². The number of aromatic carboxylic acids is 1. The quantitative estimate of drug-likeness (QED) is 0.422. The molecule has 2 aromatic carbocycles. The lowest BCUT2D eigenvalue weighted by Crippen LogP contribution is -2.18. The topological polar surface area (TPSA) is 102 Å². The van der Waals surface area contributed by atoms with Gasteiger partial charge in [0, 0.05) is 0 Å². The van der Waals surface area contributed by atoms with Gasteiger partial charge in [0.25, 0.3) is 0 Å². The molecule has 0 aliphatic heterocycles. The number of carbonyl (C=O) groups excluding carboxylic acids is 1. The molecule has 0 amide bonds. The van der Waals surface area contributed by atoms with Gasteiger partial charge in [0.2, 0.25) is 0 Å². The van der Waals surface area contributed by atoms with Gasteiger partial charge in [-0.2, -0.15) is 0 Å². The Morgan fingerprint density at radius 3 is 1.76 bits per heavy atom. The molecule has 2 rings (SSSR count). The second kappa shape index (κ2) is 7.77. The first-order valence-electron chi connectivity index (χ1n) is 7.19. The highest BCUT2D eigenvalue weighted by atomic mass is 19.4. The lowest BCUT2D eigenvalue weighted by atomic mass is 10.1. The van der Waals surface area contributed by atoms with Crippen molar-refractivity contribution in [2.75, 3.05) is 0 Å². The van der Waals surface area contributed by atoms with Gasteiger partial charge in [-0.3, -0.25) is 0 Å². The van der Waals surface area contributed by atoms with Gasteiger partial charge in [0.15, 0.2) is 0 Å². The van der Waals surface area contributed by atoms with Gasteiger partial charge >= 0.3 is 24.7 Å². The van der Waals surface area contributed by atoms with Crippen LogP contribution in [0.3, 0.4) is 0 Å². The van der Waals surface area contributed by atoms with Gasteiger partial charge in [0.1, 0.15) is 34.1 Å². The van der Waals surface area contributed by atoms with Crippen LogP contribution in [0, 0.1) is 0 Å². The Labute approximate surface area is 156 Å². The lowest BCUT2D eigenvalue weighted by Gasteiger charge is -2.13. The number of hydrogen-bond donors (Lipinski definition) is 2. The number of rotatable bonds is 5. The number of benzene rings is 2. The molecule has 0 heterocycles. The van der Waals surface area contributed by atoms with E-state index in [1.54, 1.807) is 0 Å². The Kier molecular flexibility index (Phi) is 5.80.